The Morgan fingerprint density at radius 1 is 0.259 bits per heavy atom. The van der Waals surface area contributed by atoms with Gasteiger partial charge in [0.1, 0.15) is 71.1 Å². The maximum Gasteiger partial charge on any atom is 0.280 e. The molecular formula is C78H94N18O20. The number of nitrogens with one attached hydrogen (secondary N) is 12. The van der Waals surface area contributed by atoms with Crippen LogP contribution < -0.4 is 109 Å². The van der Waals surface area contributed by atoms with Crippen LogP contribution in [0.3, 0.4) is 0 Å². The zero-order chi connectivity index (χ0) is 85.2. The smallest absolute Gasteiger partial charge is 0.280 e. The third-order valence-electron chi connectivity index (χ3n) is 19.3. The fourth-order valence-corrected chi connectivity index (χ4v) is 13.5. The zero-order valence-corrected chi connectivity index (χ0v) is 66.0. The van der Waals surface area contributed by atoms with Gasteiger partial charge in [0.2, 0.25) is 23.6 Å². The molecule has 0 aliphatic carbocycles. The molecule has 0 spiro atoms. The van der Waals surface area contributed by atoms with E-state index < -0.39 is 207 Å². The van der Waals surface area contributed by atoms with Gasteiger partial charge >= 0.3 is 0 Å². The van der Waals surface area contributed by atoms with Crippen molar-refractivity contribution in [2.75, 3.05) is 21.7 Å². The second kappa shape index (κ2) is 37.3. The SMILES string of the molecule is CCCC1NC(=O)[C@H](CC(C)C)NC(=O)c2cccc(n2)C(=O)N[C@@H](CC(C)C)C(=O)NC(CCC)C(=O)Nn2c(=O)c3cc4c(=O)n(c(=O)c4cc3c2=O)NC(=O)C(CCC)NC(=O)[C@H](CC(C)C)NC(=O)c2cccc(n2)C(=O)N[C@@H](CC(C)C)C(=O)NC(CCC)C(=O)Nn2c(=O)c3cc4c(=O)n(c(=O)c4cc3c2=O)NC1=O. The van der Waals surface area contributed by atoms with E-state index in [1.54, 1.807) is 83.1 Å². The minimum atomic E-state index is -1.47. The molecule has 0 saturated heterocycles. The van der Waals surface area contributed by atoms with Crippen LogP contribution >= 0.6 is 0 Å². The van der Waals surface area contributed by atoms with Crippen molar-refractivity contribution in [1.82, 2.24) is 71.2 Å². The standard InChI is InChI=1S/C78H94N18O20/c1-13-19-47-67(105)89-93-71(109)39-31-41-42(32-40(39)72(93)110)74(112)94(73(41)111)90-68(106)48(20-14-2)82-65(103)57(29-37(9)10)87-61(99)53-25-18-26-54(80-53)62(100)88-58(30-38(11)12)66(104)84-50(22-16-4)70(108)92-96-77(115)45-33-43-44(34-46(45)78(96)116)76(114)95(75(43)113)91-69(107)49(21-15-3)83-64(102)56(28-36(7)8)86-60(98)52-24-17-23-51(79-52)59(97)85-55(27-35(5)6)63(101)81-47/h17-18,23-26,31-38,47-50,55-58H,13-16,19-22,27-30H2,1-12H3,(H,81,101)(H,82,103)(H,83,102)(H,84,104)(H,85,97)(H,86,98)(H,87,99)(H,88,100)(H,89,105)(H,90,106)(H,91,107)(H,92,108)/t47?,48?,49?,50?,55-,56-,57-,58-/m0/s1. The molecule has 12 N–H and O–H groups in total. The van der Waals surface area contributed by atoms with Gasteiger partial charge in [-0.2, -0.15) is 18.7 Å². The summed E-state index contributed by atoms with van der Waals surface area (Å²) in [6.07, 6.45) is 0.480. The van der Waals surface area contributed by atoms with Crippen LogP contribution in [0.25, 0.3) is 43.1 Å². The second-order valence-corrected chi connectivity index (χ2v) is 30.4. The largest absolute Gasteiger partial charge is 0.342 e. The molecule has 616 valence electrons. The molecule has 116 heavy (non-hydrogen) atoms. The molecule has 0 radical (unpaired) electrons. The van der Waals surface area contributed by atoms with E-state index in [4.69, 9.17) is 0 Å². The van der Waals surface area contributed by atoms with Gasteiger partial charge < -0.3 is 42.5 Å². The molecule has 10 heterocycles. The molecule has 6 aromatic heterocycles. The maximum atomic E-state index is 14.3. The lowest BCUT2D eigenvalue weighted by molar-refractivity contribution is -0.128. The van der Waals surface area contributed by atoms with Gasteiger partial charge in [-0.3, -0.25) is 118 Å². The van der Waals surface area contributed by atoms with E-state index in [-0.39, 0.29) is 123 Å². The Morgan fingerprint density at radius 2 is 0.431 bits per heavy atom. The Kier molecular flexibility index (Phi) is 27.9. The van der Waals surface area contributed by atoms with Gasteiger partial charge in [0.15, 0.2) is 0 Å². The van der Waals surface area contributed by atoms with Crippen LogP contribution in [0.2, 0.25) is 0 Å². The van der Waals surface area contributed by atoms with Crippen molar-refractivity contribution in [3.05, 3.63) is 166 Å². The highest BCUT2D eigenvalue weighted by Gasteiger charge is 2.36. The first-order chi connectivity index (χ1) is 54.9. The van der Waals surface area contributed by atoms with Crippen molar-refractivity contribution in [2.24, 2.45) is 23.7 Å². The van der Waals surface area contributed by atoms with Crippen molar-refractivity contribution in [3.63, 3.8) is 0 Å². The first kappa shape index (κ1) is 86.9. The number of carbonyl (C=O) groups is 12. The average molecular weight is 1600 g/mol. The highest BCUT2D eigenvalue weighted by atomic mass is 16.2. The molecule has 38 nitrogen and oxygen atoms in total. The Hall–Kier alpha value is -13.1. The second-order valence-electron chi connectivity index (χ2n) is 30.4. The lowest BCUT2D eigenvalue weighted by Crippen LogP contribution is -2.55. The summed E-state index contributed by atoms with van der Waals surface area (Å²) in [4.78, 5) is 291. The first-order valence-electron chi connectivity index (χ1n) is 38.4. The van der Waals surface area contributed by atoms with E-state index in [0.717, 1.165) is 24.3 Å². The lowest BCUT2D eigenvalue weighted by Gasteiger charge is -2.24. The molecule has 16 bridgehead atoms. The zero-order valence-electron chi connectivity index (χ0n) is 66.0. The highest BCUT2D eigenvalue weighted by Crippen LogP contribution is 2.20. The normalized spacial score (nSPS) is 20.2. The number of aromatic nitrogens is 6. The van der Waals surface area contributed by atoms with E-state index in [9.17, 15) is 95.9 Å². The van der Waals surface area contributed by atoms with Gasteiger partial charge in [-0.15, -0.1) is 0 Å². The van der Waals surface area contributed by atoms with Crippen LogP contribution in [0.5, 0.6) is 0 Å². The number of carbonyl (C=O) groups excluding carboxylic acids is 12. The van der Waals surface area contributed by atoms with Crippen molar-refractivity contribution in [3.8, 4) is 0 Å². The van der Waals surface area contributed by atoms with Crippen molar-refractivity contribution >= 4 is 114 Å². The Balaban J connectivity index is 1.04. The lowest BCUT2D eigenvalue weighted by atomic mass is 10.0. The van der Waals surface area contributed by atoms with Gasteiger partial charge in [0.25, 0.3) is 91.7 Å². The van der Waals surface area contributed by atoms with E-state index >= 15 is 0 Å². The molecule has 4 unspecified atom stereocenters. The van der Waals surface area contributed by atoms with Crippen molar-refractivity contribution in [1.29, 1.82) is 0 Å². The number of rotatable bonds is 16. The van der Waals surface area contributed by atoms with E-state index in [2.05, 4.69) is 74.2 Å². The molecule has 8 atom stereocenters. The third kappa shape index (κ3) is 19.6. The van der Waals surface area contributed by atoms with Gasteiger partial charge in [0, 0.05) is 0 Å². The number of hydrogen-bond donors (Lipinski definition) is 12. The van der Waals surface area contributed by atoms with Crippen LogP contribution in [-0.4, -0.2) is 148 Å². The minimum absolute atomic E-state index is 0.0337. The van der Waals surface area contributed by atoms with E-state index in [1.807, 2.05) is 0 Å². The summed E-state index contributed by atoms with van der Waals surface area (Å²) in [6.45, 7) is 20.5. The van der Waals surface area contributed by atoms with Crippen LogP contribution in [-0.2, 0) is 38.4 Å². The number of amides is 12. The molecule has 2 aromatic carbocycles. The molecular weight excluding hydrogens is 1510 g/mol. The third-order valence-corrected chi connectivity index (χ3v) is 19.3. The van der Waals surface area contributed by atoms with Crippen LogP contribution in [0.4, 0.5) is 0 Å². The van der Waals surface area contributed by atoms with Gasteiger partial charge in [-0.05, 0) is 124 Å². The summed E-state index contributed by atoms with van der Waals surface area (Å²) in [5.41, 5.74) is -1.90. The summed E-state index contributed by atoms with van der Waals surface area (Å²) in [5, 5.41) is 17.1. The van der Waals surface area contributed by atoms with Crippen molar-refractivity contribution < 1.29 is 57.5 Å². The summed E-state index contributed by atoms with van der Waals surface area (Å²) in [7, 11) is 0. The van der Waals surface area contributed by atoms with Gasteiger partial charge in [0.05, 0.1) is 43.1 Å². The number of hydrogen-bond acceptors (Lipinski definition) is 22. The van der Waals surface area contributed by atoms with Crippen LogP contribution in [0.15, 0.2) is 99.0 Å². The predicted molar refractivity (Wildman–Crippen MR) is 426 cm³/mol. The number of nitrogens with zero attached hydrogens (tertiary/aromatic N) is 6. The van der Waals surface area contributed by atoms with Crippen molar-refractivity contribution in [2.45, 2.75) is 208 Å². The fraction of sp³-hybridized carbons (Fsp3) is 0.462. The Morgan fingerprint density at radius 3 is 0.586 bits per heavy atom. The molecule has 38 heteroatoms. The van der Waals surface area contributed by atoms with E-state index in [0.29, 0.717) is 18.7 Å². The number of pyridine rings is 2. The van der Waals surface area contributed by atoms with Gasteiger partial charge in [-0.25, -0.2) is 9.97 Å². The van der Waals surface area contributed by atoms with E-state index in [1.165, 1.54) is 36.4 Å². The molecule has 8 aromatic rings. The topological polar surface area (TPSA) is 531 Å². The quantitative estimate of drug-likeness (QED) is 0.0608. The molecule has 4 aliphatic rings. The minimum Gasteiger partial charge on any atom is -0.342 e. The fourth-order valence-electron chi connectivity index (χ4n) is 13.5. The van der Waals surface area contributed by atoms with Crippen LogP contribution in [0.1, 0.15) is 202 Å². The predicted octanol–water partition coefficient (Wildman–Crippen LogP) is 0.0404. The number of benzene rings is 2. The molecule has 4 aliphatic heterocycles. The highest BCUT2D eigenvalue weighted by molar-refractivity contribution is 6.05. The Bertz CT molecular complexity index is 4850. The molecule has 12 rings (SSSR count). The summed E-state index contributed by atoms with van der Waals surface area (Å²) in [5.74, 6) is -12.9. The summed E-state index contributed by atoms with van der Waals surface area (Å²) >= 11 is 0. The monoisotopic (exact) mass is 1600 g/mol. The van der Waals surface area contributed by atoms with Gasteiger partial charge in [-0.1, -0.05) is 121 Å². The maximum absolute atomic E-state index is 14.3. The molecule has 12 amide bonds. The summed E-state index contributed by atoms with van der Waals surface area (Å²) in [6, 6.07) is -0.224. The average Bonchev–Trinajstić information content (AvgIpc) is 1.59. The Labute approximate surface area is 660 Å². The summed E-state index contributed by atoms with van der Waals surface area (Å²) < 4.78 is 1.31. The first-order valence-corrected chi connectivity index (χ1v) is 38.4. The van der Waals surface area contributed by atoms with Crippen LogP contribution in [0, 0.1) is 23.7 Å². The molecule has 0 saturated carbocycles. The molecule has 0 fully saturated rings.